The van der Waals surface area contributed by atoms with Crippen molar-refractivity contribution in [3.8, 4) is 0 Å². The van der Waals surface area contributed by atoms with E-state index in [1.807, 2.05) is 0 Å². The highest BCUT2D eigenvalue weighted by Gasteiger charge is 2.43. The Morgan fingerprint density at radius 3 is 2.19 bits per heavy atom. The van der Waals surface area contributed by atoms with Crippen LogP contribution in [0.2, 0.25) is 0 Å². The van der Waals surface area contributed by atoms with E-state index in [0.717, 1.165) is 0 Å². The highest BCUT2D eigenvalue weighted by atomic mass is 79.9. The Bertz CT molecular complexity index is 482. The molecule has 0 amide bonds. The highest BCUT2D eigenvalue weighted by molar-refractivity contribution is 9.10. The maximum Gasteiger partial charge on any atom is 0.407 e. The van der Waals surface area contributed by atoms with E-state index in [4.69, 9.17) is 28.3 Å². The second kappa shape index (κ2) is 7.67. The molecule has 118 valence electrons. The van der Waals surface area contributed by atoms with Crippen LogP contribution in [-0.2, 0) is 4.79 Å². The first-order valence-corrected chi connectivity index (χ1v) is 7.37. The van der Waals surface area contributed by atoms with Crippen molar-refractivity contribution in [1.29, 1.82) is 0 Å². The van der Waals surface area contributed by atoms with Crippen LogP contribution in [0.3, 0.4) is 0 Å². The Morgan fingerprint density at radius 1 is 1.29 bits per heavy atom. The third kappa shape index (κ3) is 6.02. The summed E-state index contributed by atoms with van der Waals surface area (Å²) in [6.45, 7) is 0. The number of carboxylic acid groups (broad SMARTS) is 1. The number of rotatable bonds is 6. The van der Waals surface area contributed by atoms with Gasteiger partial charge in [0.25, 0.3) is 0 Å². The van der Waals surface area contributed by atoms with E-state index in [0.29, 0.717) is 4.47 Å². The molecular weight excluding hydrogens is 398 g/mol. The Kier molecular flexibility index (Phi) is 6.77. The fourth-order valence-electron chi connectivity index (χ4n) is 1.65. The molecular formula is C12H11BrCl2F3NO2. The largest absolute Gasteiger partial charge is 0.480 e. The fourth-order valence-corrected chi connectivity index (χ4v) is 2.28. The van der Waals surface area contributed by atoms with Crippen molar-refractivity contribution >= 4 is 45.1 Å². The number of nitrogens with one attached hydrogen (secondary N) is 1. The normalized spacial score (nSPS) is 15.0. The molecule has 0 bridgehead atoms. The van der Waals surface area contributed by atoms with E-state index in [9.17, 15) is 18.0 Å². The molecule has 0 fully saturated rings. The molecule has 9 heteroatoms. The zero-order valence-electron chi connectivity index (χ0n) is 10.4. The van der Waals surface area contributed by atoms with E-state index in [1.54, 1.807) is 0 Å². The standard InChI is InChI=1S/C12H11BrCl2F3NO2/c13-7-3-1-6(2-4-7)10(12(16,17)18)19-8(11(20)21)5-9(14)15/h1-4,8-10,19H,5H2,(H,20,21)/t8?,10-/m0/s1. The Labute approximate surface area is 137 Å². The summed E-state index contributed by atoms with van der Waals surface area (Å²) in [5.74, 6) is -1.45. The van der Waals surface area contributed by atoms with Crippen LogP contribution >= 0.6 is 39.1 Å². The number of hydrogen-bond acceptors (Lipinski definition) is 2. The van der Waals surface area contributed by atoms with Gasteiger partial charge in [-0.2, -0.15) is 13.2 Å². The molecule has 21 heavy (non-hydrogen) atoms. The van der Waals surface area contributed by atoms with Gasteiger partial charge in [-0.15, -0.1) is 23.2 Å². The van der Waals surface area contributed by atoms with Crippen molar-refractivity contribution in [2.45, 2.75) is 29.5 Å². The molecule has 3 nitrogen and oxygen atoms in total. The second-order valence-electron chi connectivity index (χ2n) is 4.21. The minimum absolute atomic E-state index is 0.0994. The van der Waals surface area contributed by atoms with Crippen molar-refractivity contribution in [2.24, 2.45) is 0 Å². The first-order valence-electron chi connectivity index (χ1n) is 5.70. The SMILES string of the molecule is O=C(O)C(CC(Cl)Cl)N[C@@H](c1ccc(Br)cc1)C(F)(F)F. The monoisotopic (exact) mass is 407 g/mol. The summed E-state index contributed by atoms with van der Waals surface area (Å²) in [4.78, 5) is 9.94. The van der Waals surface area contributed by atoms with Crippen LogP contribution in [0.15, 0.2) is 28.7 Å². The first kappa shape index (κ1) is 18.5. The van der Waals surface area contributed by atoms with Gasteiger partial charge in [-0.1, -0.05) is 28.1 Å². The average molecular weight is 409 g/mol. The lowest BCUT2D eigenvalue weighted by atomic mass is 10.0. The number of alkyl halides is 5. The van der Waals surface area contributed by atoms with Crippen molar-refractivity contribution in [3.05, 3.63) is 34.3 Å². The minimum atomic E-state index is -4.66. The lowest BCUT2D eigenvalue weighted by Gasteiger charge is -2.26. The summed E-state index contributed by atoms with van der Waals surface area (Å²) in [7, 11) is 0. The van der Waals surface area contributed by atoms with Gasteiger partial charge in [0.1, 0.15) is 16.9 Å². The van der Waals surface area contributed by atoms with Gasteiger partial charge in [0, 0.05) is 10.9 Å². The topological polar surface area (TPSA) is 49.3 Å². The van der Waals surface area contributed by atoms with E-state index in [-0.39, 0.29) is 12.0 Å². The summed E-state index contributed by atoms with van der Waals surface area (Å²) in [6.07, 6.45) is -5.00. The molecule has 1 rings (SSSR count). The molecule has 0 spiro atoms. The van der Waals surface area contributed by atoms with Crippen molar-refractivity contribution in [1.82, 2.24) is 5.32 Å². The van der Waals surface area contributed by atoms with Crippen LogP contribution < -0.4 is 5.32 Å². The predicted octanol–water partition coefficient (Wildman–Crippen LogP) is 4.29. The maximum absolute atomic E-state index is 13.1. The van der Waals surface area contributed by atoms with Gasteiger partial charge in [0.15, 0.2) is 0 Å². The summed E-state index contributed by atoms with van der Waals surface area (Å²) in [5, 5.41) is 11.0. The smallest absolute Gasteiger partial charge is 0.407 e. The molecule has 0 radical (unpaired) electrons. The lowest BCUT2D eigenvalue weighted by Crippen LogP contribution is -2.45. The molecule has 0 aromatic heterocycles. The van der Waals surface area contributed by atoms with Crippen LogP contribution in [0.25, 0.3) is 0 Å². The van der Waals surface area contributed by atoms with E-state index in [2.05, 4.69) is 21.2 Å². The van der Waals surface area contributed by atoms with Gasteiger partial charge in [-0.3, -0.25) is 10.1 Å². The van der Waals surface area contributed by atoms with Crippen LogP contribution in [0.4, 0.5) is 13.2 Å². The molecule has 2 N–H and O–H groups in total. The molecule has 1 aromatic carbocycles. The maximum atomic E-state index is 13.1. The molecule has 0 aliphatic carbocycles. The number of carboxylic acids is 1. The molecule has 2 atom stereocenters. The first-order chi connectivity index (χ1) is 9.61. The summed E-state index contributed by atoms with van der Waals surface area (Å²) in [5.41, 5.74) is -0.0994. The second-order valence-corrected chi connectivity index (χ2v) is 6.40. The zero-order valence-corrected chi connectivity index (χ0v) is 13.5. The van der Waals surface area contributed by atoms with Crippen molar-refractivity contribution in [2.75, 3.05) is 0 Å². The molecule has 0 saturated heterocycles. The van der Waals surface area contributed by atoms with Crippen LogP contribution in [0.5, 0.6) is 0 Å². The van der Waals surface area contributed by atoms with E-state index >= 15 is 0 Å². The van der Waals surface area contributed by atoms with Gasteiger partial charge in [0.2, 0.25) is 0 Å². The van der Waals surface area contributed by atoms with Crippen LogP contribution in [-0.4, -0.2) is 28.1 Å². The van der Waals surface area contributed by atoms with Gasteiger partial charge in [-0.25, -0.2) is 0 Å². The number of aliphatic carboxylic acids is 1. The van der Waals surface area contributed by atoms with Gasteiger partial charge < -0.3 is 5.11 Å². The summed E-state index contributed by atoms with van der Waals surface area (Å²) in [6, 6.07) is 1.76. The number of hydrogen-bond donors (Lipinski definition) is 2. The Hall–Kier alpha value is -0.500. The molecule has 0 saturated carbocycles. The van der Waals surface area contributed by atoms with Crippen molar-refractivity contribution < 1.29 is 23.1 Å². The number of halogens is 6. The molecule has 1 unspecified atom stereocenters. The molecule has 0 aliphatic heterocycles. The number of benzene rings is 1. The Morgan fingerprint density at radius 2 is 1.81 bits per heavy atom. The average Bonchev–Trinajstić information content (AvgIpc) is 2.33. The van der Waals surface area contributed by atoms with Gasteiger partial charge >= 0.3 is 12.1 Å². The lowest BCUT2D eigenvalue weighted by molar-refractivity contribution is -0.163. The van der Waals surface area contributed by atoms with Crippen molar-refractivity contribution in [3.63, 3.8) is 0 Å². The highest BCUT2D eigenvalue weighted by Crippen LogP contribution is 2.34. The molecule has 0 aliphatic rings. The van der Waals surface area contributed by atoms with E-state index in [1.165, 1.54) is 24.3 Å². The Balaban J connectivity index is 3.03. The third-order valence-electron chi connectivity index (χ3n) is 2.61. The predicted molar refractivity (Wildman–Crippen MR) is 77.6 cm³/mol. The quantitative estimate of drug-likeness (QED) is 0.690. The van der Waals surface area contributed by atoms with Gasteiger partial charge in [-0.05, 0) is 17.7 Å². The van der Waals surface area contributed by atoms with Gasteiger partial charge in [0.05, 0.1) is 0 Å². The third-order valence-corrected chi connectivity index (χ3v) is 3.50. The van der Waals surface area contributed by atoms with Crippen LogP contribution in [0, 0.1) is 0 Å². The molecule has 0 heterocycles. The summed E-state index contributed by atoms with van der Waals surface area (Å²) < 4.78 is 40.0. The molecule has 1 aromatic rings. The minimum Gasteiger partial charge on any atom is -0.480 e. The zero-order chi connectivity index (χ0) is 16.2. The fraction of sp³-hybridized carbons (Fsp3) is 0.417. The number of carbonyl (C=O) groups is 1. The summed E-state index contributed by atoms with van der Waals surface area (Å²) >= 11 is 14.0. The van der Waals surface area contributed by atoms with E-state index < -0.39 is 29.1 Å². The van der Waals surface area contributed by atoms with Crippen LogP contribution in [0.1, 0.15) is 18.0 Å².